The first-order valence-electron chi connectivity index (χ1n) is 8.49. The zero-order valence-electron chi connectivity index (χ0n) is 14.9. The van der Waals surface area contributed by atoms with Crippen molar-refractivity contribution in [2.75, 3.05) is 0 Å². The highest BCUT2D eigenvalue weighted by Gasteiger charge is 2.28. The molecule has 0 amide bonds. The molecule has 0 N–H and O–H groups in total. The molecule has 2 aromatic carbocycles. The van der Waals surface area contributed by atoms with Gasteiger partial charge in [0, 0.05) is 18.4 Å². The van der Waals surface area contributed by atoms with E-state index in [1.807, 2.05) is 0 Å². The minimum Gasteiger partial charge on any atom is -0.354 e. The second-order valence-electron chi connectivity index (χ2n) is 6.38. The van der Waals surface area contributed by atoms with Crippen LogP contribution in [0.4, 0.5) is 14.5 Å². The lowest BCUT2D eigenvalue weighted by molar-refractivity contribution is -0.386. The maximum atomic E-state index is 13.3. The maximum absolute atomic E-state index is 13.3. The van der Waals surface area contributed by atoms with E-state index < -0.39 is 22.5 Å². The van der Waals surface area contributed by atoms with Crippen LogP contribution in [0.15, 0.2) is 53.1 Å². The first-order valence-corrected chi connectivity index (χ1v) is 8.49. The van der Waals surface area contributed by atoms with Gasteiger partial charge < -0.3 is 4.52 Å². The molecule has 3 rings (SSSR count). The Morgan fingerprint density at radius 1 is 1.11 bits per heavy atom. The van der Waals surface area contributed by atoms with E-state index in [1.54, 1.807) is 0 Å². The Labute approximate surface area is 158 Å². The van der Waals surface area contributed by atoms with Crippen molar-refractivity contribution < 1.29 is 23.0 Å². The largest absolute Gasteiger partial charge is 0.354 e. The number of halogens is 2. The minimum absolute atomic E-state index is 0.0197. The molecule has 0 radical (unpaired) electrons. The van der Waals surface area contributed by atoms with Crippen molar-refractivity contribution in [1.29, 1.82) is 0 Å². The zero-order valence-corrected chi connectivity index (χ0v) is 14.9. The molecular weight excluding hydrogens is 370 g/mol. The van der Waals surface area contributed by atoms with Crippen LogP contribution in [-0.4, -0.2) is 15.9 Å². The predicted octanol–water partition coefficient (Wildman–Crippen LogP) is 4.77. The Balaban J connectivity index is 1.91. The van der Waals surface area contributed by atoms with Crippen molar-refractivity contribution in [3.8, 4) is 0 Å². The first kappa shape index (κ1) is 19.3. The molecule has 0 bridgehead atoms. The van der Waals surface area contributed by atoms with E-state index in [2.05, 4.69) is 5.16 Å². The van der Waals surface area contributed by atoms with Crippen LogP contribution in [0.25, 0.3) is 0 Å². The van der Waals surface area contributed by atoms with E-state index in [1.165, 1.54) is 55.5 Å². The lowest BCUT2D eigenvalue weighted by Crippen LogP contribution is -2.11. The van der Waals surface area contributed by atoms with E-state index in [0.29, 0.717) is 11.1 Å². The van der Waals surface area contributed by atoms with Crippen molar-refractivity contribution in [2.45, 2.75) is 25.7 Å². The molecule has 0 aliphatic carbocycles. The number of carbonyl (C=O) groups is 1. The van der Waals surface area contributed by atoms with Crippen LogP contribution in [0.5, 0.6) is 0 Å². The van der Waals surface area contributed by atoms with E-state index in [9.17, 15) is 23.7 Å². The molecule has 0 aliphatic heterocycles. The summed E-state index contributed by atoms with van der Waals surface area (Å²) in [7, 11) is 0. The fraction of sp³-hybridized carbons (Fsp3) is 0.200. The zero-order chi connectivity index (χ0) is 20.3. The van der Waals surface area contributed by atoms with Crippen molar-refractivity contribution >= 4 is 11.5 Å². The molecule has 0 unspecified atom stereocenters. The lowest BCUT2D eigenvalue weighted by Gasteiger charge is -2.15. The number of nitro groups is 1. The summed E-state index contributed by atoms with van der Waals surface area (Å²) < 4.78 is 31.5. The monoisotopic (exact) mass is 386 g/mol. The fourth-order valence-electron chi connectivity index (χ4n) is 3.02. The molecule has 144 valence electrons. The van der Waals surface area contributed by atoms with Crippen LogP contribution in [0, 0.1) is 28.7 Å². The number of aromatic nitrogens is 1. The summed E-state index contributed by atoms with van der Waals surface area (Å²) in [5.41, 5.74) is 0.848. The number of hydrogen-bond donors (Lipinski definition) is 0. The van der Waals surface area contributed by atoms with Gasteiger partial charge in [0.15, 0.2) is 11.5 Å². The topological polar surface area (TPSA) is 86.2 Å². The molecule has 6 nitrogen and oxygen atoms in total. The lowest BCUT2D eigenvalue weighted by atomic mass is 9.88. The number of hydrogen-bond acceptors (Lipinski definition) is 5. The molecule has 8 heteroatoms. The van der Waals surface area contributed by atoms with Crippen LogP contribution < -0.4 is 0 Å². The standard InChI is InChI=1S/C20H16F2N2O4/c1-12-20(24(26)27)19(28-23-12)11-15(13-2-6-16(21)7-3-13)10-18(25)14-4-8-17(22)9-5-14/h2-9,15H,10-11H2,1H3/t15-/m1/s1. The molecule has 3 aromatic rings. The van der Waals surface area contributed by atoms with Crippen LogP contribution in [0.3, 0.4) is 0 Å². The number of ketones is 1. The Morgan fingerprint density at radius 2 is 1.68 bits per heavy atom. The summed E-state index contributed by atoms with van der Waals surface area (Å²) in [6, 6.07) is 10.7. The third-order valence-electron chi connectivity index (χ3n) is 4.45. The molecule has 1 aromatic heterocycles. The van der Waals surface area contributed by atoms with Crippen LogP contribution in [0.1, 0.15) is 39.7 Å². The summed E-state index contributed by atoms with van der Waals surface area (Å²) in [4.78, 5) is 23.4. The van der Waals surface area contributed by atoms with E-state index in [-0.39, 0.29) is 35.8 Å². The molecule has 0 spiro atoms. The van der Waals surface area contributed by atoms with E-state index >= 15 is 0 Å². The van der Waals surface area contributed by atoms with Gasteiger partial charge in [-0.3, -0.25) is 14.9 Å². The van der Waals surface area contributed by atoms with Gasteiger partial charge in [0.05, 0.1) is 4.92 Å². The molecule has 1 heterocycles. The number of aryl methyl sites for hydroxylation is 1. The third kappa shape index (κ3) is 4.28. The van der Waals surface area contributed by atoms with Gasteiger partial charge in [-0.15, -0.1) is 0 Å². The Morgan fingerprint density at radius 3 is 2.25 bits per heavy atom. The van der Waals surface area contributed by atoms with Gasteiger partial charge in [-0.1, -0.05) is 17.3 Å². The fourth-order valence-corrected chi connectivity index (χ4v) is 3.02. The number of Topliss-reactive ketones (excluding diaryl/α,β-unsaturated/α-hetero) is 1. The molecule has 28 heavy (non-hydrogen) atoms. The summed E-state index contributed by atoms with van der Waals surface area (Å²) in [5.74, 6) is -1.63. The van der Waals surface area contributed by atoms with Crippen LogP contribution in [0.2, 0.25) is 0 Å². The summed E-state index contributed by atoms with van der Waals surface area (Å²) in [6.07, 6.45) is 0.0177. The van der Waals surface area contributed by atoms with Crippen LogP contribution in [-0.2, 0) is 6.42 Å². The highest BCUT2D eigenvalue weighted by molar-refractivity contribution is 5.96. The quantitative estimate of drug-likeness (QED) is 0.332. The second kappa shape index (κ2) is 8.08. The van der Waals surface area contributed by atoms with Gasteiger partial charge in [-0.05, 0) is 54.8 Å². The molecule has 0 fully saturated rings. The molecular formula is C20H16F2N2O4. The number of carbonyl (C=O) groups excluding carboxylic acids is 1. The molecule has 0 saturated carbocycles. The average molecular weight is 386 g/mol. The van der Waals surface area contributed by atoms with E-state index in [0.717, 1.165) is 0 Å². The van der Waals surface area contributed by atoms with Gasteiger partial charge in [0.2, 0.25) is 5.76 Å². The summed E-state index contributed by atoms with van der Waals surface area (Å²) in [5, 5.41) is 14.9. The smallest absolute Gasteiger partial charge is 0.334 e. The maximum Gasteiger partial charge on any atom is 0.334 e. The Kier molecular flexibility index (Phi) is 5.58. The Hall–Kier alpha value is -3.42. The molecule has 0 aliphatic rings. The minimum atomic E-state index is -0.579. The van der Waals surface area contributed by atoms with Gasteiger partial charge in [0.1, 0.15) is 11.6 Å². The van der Waals surface area contributed by atoms with Gasteiger partial charge in [-0.25, -0.2) is 8.78 Å². The van der Waals surface area contributed by atoms with Gasteiger partial charge >= 0.3 is 5.69 Å². The van der Waals surface area contributed by atoms with Crippen molar-refractivity contribution in [2.24, 2.45) is 0 Å². The van der Waals surface area contributed by atoms with Crippen LogP contribution >= 0.6 is 0 Å². The van der Waals surface area contributed by atoms with Crippen molar-refractivity contribution in [1.82, 2.24) is 5.16 Å². The van der Waals surface area contributed by atoms with Gasteiger partial charge in [-0.2, -0.15) is 0 Å². The number of rotatable bonds is 7. The van der Waals surface area contributed by atoms with Crippen molar-refractivity contribution in [3.05, 3.63) is 92.9 Å². The molecule has 1 atom stereocenters. The average Bonchev–Trinajstić information content (AvgIpc) is 3.02. The normalized spacial score (nSPS) is 12.0. The molecule has 0 saturated heterocycles. The summed E-state index contributed by atoms with van der Waals surface area (Å²) in [6.45, 7) is 1.46. The number of benzene rings is 2. The first-order chi connectivity index (χ1) is 13.3. The predicted molar refractivity (Wildman–Crippen MR) is 96.1 cm³/mol. The summed E-state index contributed by atoms with van der Waals surface area (Å²) >= 11 is 0. The third-order valence-corrected chi connectivity index (χ3v) is 4.45. The highest BCUT2D eigenvalue weighted by atomic mass is 19.1. The Bertz CT molecular complexity index is 998. The second-order valence-corrected chi connectivity index (χ2v) is 6.38. The van der Waals surface area contributed by atoms with E-state index in [4.69, 9.17) is 4.52 Å². The number of nitrogens with zero attached hydrogens (tertiary/aromatic N) is 2. The van der Waals surface area contributed by atoms with Gasteiger partial charge in [0.25, 0.3) is 0 Å². The SMILES string of the molecule is Cc1noc(C[C@@H](CC(=O)c2ccc(F)cc2)c2ccc(F)cc2)c1[N+](=O)[O-]. The highest BCUT2D eigenvalue weighted by Crippen LogP contribution is 2.32. The van der Waals surface area contributed by atoms with Crippen molar-refractivity contribution in [3.63, 3.8) is 0 Å².